The zero-order valence-electron chi connectivity index (χ0n) is 13.4. The molecule has 0 bridgehead atoms. The third-order valence-electron chi connectivity index (χ3n) is 4.02. The van der Waals surface area contributed by atoms with Crippen LogP contribution in [0, 0.1) is 24.0 Å². The molecule has 2 aromatic carbocycles. The Hall–Kier alpha value is -2.80. The topological polar surface area (TPSA) is 77.5 Å². The number of aryl methyl sites for hydroxylation is 3. The third kappa shape index (κ3) is 2.63. The fraction of sp³-hybridized carbons (Fsp3) is 0.176. The maximum atomic E-state index is 12.4. The van der Waals surface area contributed by atoms with Crippen LogP contribution in [0.2, 0.25) is 0 Å². The quantitative estimate of drug-likeness (QED) is 0.528. The highest BCUT2D eigenvalue weighted by Gasteiger charge is 2.19. The molecule has 0 unspecified atom stereocenters. The molecule has 0 aliphatic heterocycles. The number of amides is 1. The normalized spacial score (nSPS) is 11.9. The van der Waals surface area contributed by atoms with E-state index in [2.05, 4.69) is 4.99 Å². The predicted molar refractivity (Wildman–Crippen MR) is 93.3 cm³/mol. The highest BCUT2D eigenvalue weighted by atomic mass is 32.1. The van der Waals surface area contributed by atoms with Crippen LogP contribution in [0.4, 0.5) is 5.69 Å². The van der Waals surface area contributed by atoms with Crippen molar-refractivity contribution in [2.45, 2.75) is 13.8 Å². The molecule has 1 amide bonds. The number of aromatic nitrogens is 1. The third-order valence-corrected chi connectivity index (χ3v) is 5.11. The maximum absolute atomic E-state index is 12.4. The van der Waals surface area contributed by atoms with Gasteiger partial charge < -0.3 is 4.57 Å². The van der Waals surface area contributed by atoms with Crippen LogP contribution < -0.4 is 4.80 Å². The van der Waals surface area contributed by atoms with E-state index in [-0.39, 0.29) is 11.3 Å². The van der Waals surface area contributed by atoms with Gasteiger partial charge in [-0.05, 0) is 37.1 Å². The molecule has 0 aliphatic rings. The van der Waals surface area contributed by atoms with Gasteiger partial charge in [-0.1, -0.05) is 29.5 Å². The summed E-state index contributed by atoms with van der Waals surface area (Å²) in [6.45, 7) is 4.06. The number of para-hydroxylation sites is 1. The summed E-state index contributed by atoms with van der Waals surface area (Å²) in [5.74, 6) is -0.612. The molecule has 0 saturated heterocycles. The molecule has 0 aliphatic carbocycles. The summed E-state index contributed by atoms with van der Waals surface area (Å²) in [6, 6.07) is 9.88. The highest BCUT2D eigenvalue weighted by molar-refractivity contribution is 7.16. The smallest absolute Gasteiger partial charge is 0.286 e. The number of hydrogen-bond donors (Lipinski definition) is 0. The largest absolute Gasteiger partial charge is 0.319 e. The van der Waals surface area contributed by atoms with Crippen molar-refractivity contribution in [3.63, 3.8) is 0 Å². The number of fused-ring (bicyclic) bond motifs is 1. The Balaban J connectivity index is 2.18. The summed E-state index contributed by atoms with van der Waals surface area (Å²) in [4.78, 5) is 27.6. The number of carbonyl (C=O) groups excluding carboxylic acids is 1. The molecular formula is C17H15N3O3S. The zero-order valence-corrected chi connectivity index (χ0v) is 14.3. The molecule has 0 N–H and O–H groups in total. The van der Waals surface area contributed by atoms with Crippen molar-refractivity contribution in [1.29, 1.82) is 0 Å². The van der Waals surface area contributed by atoms with Gasteiger partial charge in [0.2, 0.25) is 0 Å². The second-order valence-corrected chi connectivity index (χ2v) is 6.50. The van der Waals surface area contributed by atoms with Gasteiger partial charge in [0.1, 0.15) is 5.56 Å². The molecule has 24 heavy (non-hydrogen) atoms. The molecule has 6 nitrogen and oxygen atoms in total. The van der Waals surface area contributed by atoms with Crippen LogP contribution >= 0.6 is 11.3 Å². The number of rotatable bonds is 2. The number of thiazole rings is 1. The van der Waals surface area contributed by atoms with Crippen molar-refractivity contribution in [2.24, 2.45) is 12.0 Å². The second kappa shape index (κ2) is 6.01. The Morgan fingerprint density at radius 3 is 2.62 bits per heavy atom. The van der Waals surface area contributed by atoms with Gasteiger partial charge >= 0.3 is 0 Å². The van der Waals surface area contributed by atoms with Crippen LogP contribution in [0.25, 0.3) is 10.2 Å². The molecule has 3 rings (SSSR count). The molecule has 122 valence electrons. The fourth-order valence-electron chi connectivity index (χ4n) is 2.60. The Bertz CT molecular complexity index is 1050. The molecular weight excluding hydrogens is 326 g/mol. The van der Waals surface area contributed by atoms with Gasteiger partial charge in [0, 0.05) is 13.1 Å². The Labute approximate surface area is 141 Å². The van der Waals surface area contributed by atoms with Crippen LogP contribution in [-0.2, 0) is 7.05 Å². The van der Waals surface area contributed by atoms with Crippen molar-refractivity contribution in [1.82, 2.24) is 4.57 Å². The van der Waals surface area contributed by atoms with E-state index in [1.54, 1.807) is 6.07 Å². The Kier molecular flexibility index (Phi) is 4.02. The van der Waals surface area contributed by atoms with Crippen molar-refractivity contribution in [3.8, 4) is 0 Å². The highest BCUT2D eigenvalue weighted by Crippen LogP contribution is 2.23. The summed E-state index contributed by atoms with van der Waals surface area (Å²) >= 11 is 1.39. The number of carbonyl (C=O) groups is 1. The number of nitro benzene ring substituents is 1. The molecule has 0 atom stereocenters. The van der Waals surface area contributed by atoms with Gasteiger partial charge in [-0.15, -0.1) is 0 Å². The van der Waals surface area contributed by atoms with Gasteiger partial charge in [-0.2, -0.15) is 4.99 Å². The van der Waals surface area contributed by atoms with Crippen molar-refractivity contribution < 1.29 is 9.72 Å². The Morgan fingerprint density at radius 1 is 1.21 bits per heavy atom. The Morgan fingerprint density at radius 2 is 1.92 bits per heavy atom. The minimum atomic E-state index is -0.612. The van der Waals surface area contributed by atoms with Crippen LogP contribution in [0.5, 0.6) is 0 Å². The lowest BCUT2D eigenvalue weighted by molar-refractivity contribution is -0.385. The van der Waals surface area contributed by atoms with Gasteiger partial charge in [0.15, 0.2) is 4.80 Å². The lowest BCUT2D eigenvalue weighted by Crippen LogP contribution is -2.14. The van der Waals surface area contributed by atoms with E-state index in [4.69, 9.17) is 0 Å². The average molecular weight is 341 g/mol. The lowest BCUT2D eigenvalue weighted by atomic mass is 10.1. The van der Waals surface area contributed by atoms with Crippen LogP contribution in [-0.4, -0.2) is 15.4 Å². The monoisotopic (exact) mass is 341 g/mol. The summed E-state index contributed by atoms with van der Waals surface area (Å²) in [7, 11) is 1.84. The minimum Gasteiger partial charge on any atom is -0.319 e. The number of hydrogen-bond acceptors (Lipinski definition) is 4. The van der Waals surface area contributed by atoms with Crippen molar-refractivity contribution in [2.75, 3.05) is 0 Å². The lowest BCUT2D eigenvalue weighted by Gasteiger charge is -2.03. The number of nitro groups is 1. The molecule has 1 heterocycles. The van der Waals surface area contributed by atoms with Crippen molar-refractivity contribution in [3.05, 3.63) is 68.0 Å². The molecule has 0 fully saturated rings. The first kappa shape index (κ1) is 16.1. The second-order valence-electron chi connectivity index (χ2n) is 5.49. The summed E-state index contributed by atoms with van der Waals surface area (Å²) in [6.07, 6.45) is 0. The SMILES string of the molecule is Cc1ccc2sc(=NC(=O)c3ccccc3[N+](=O)[O-])n(C)c2c1C. The first-order valence-corrected chi connectivity index (χ1v) is 8.10. The van der Waals surface area contributed by atoms with Crippen LogP contribution in [0.15, 0.2) is 41.4 Å². The van der Waals surface area contributed by atoms with E-state index < -0.39 is 10.8 Å². The number of benzene rings is 2. The fourth-order valence-corrected chi connectivity index (χ4v) is 3.67. The average Bonchev–Trinajstić information content (AvgIpc) is 2.87. The molecule has 7 heteroatoms. The van der Waals surface area contributed by atoms with Crippen LogP contribution in [0.1, 0.15) is 21.5 Å². The van der Waals surface area contributed by atoms with E-state index >= 15 is 0 Å². The first-order chi connectivity index (χ1) is 11.4. The zero-order chi connectivity index (χ0) is 17.4. The minimum absolute atomic E-state index is 0.00661. The summed E-state index contributed by atoms with van der Waals surface area (Å²) < 4.78 is 2.88. The molecule has 0 radical (unpaired) electrons. The van der Waals surface area contributed by atoms with E-state index in [9.17, 15) is 14.9 Å². The van der Waals surface area contributed by atoms with Gasteiger partial charge in [-0.25, -0.2) is 0 Å². The summed E-state index contributed by atoms with van der Waals surface area (Å²) in [5.41, 5.74) is 3.07. The van der Waals surface area contributed by atoms with Gasteiger partial charge in [0.05, 0.1) is 15.1 Å². The number of nitrogens with zero attached hydrogens (tertiary/aromatic N) is 3. The van der Waals surface area contributed by atoms with Crippen LogP contribution in [0.3, 0.4) is 0 Å². The first-order valence-electron chi connectivity index (χ1n) is 7.28. The van der Waals surface area contributed by atoms with Gasteiger partial charge in [0.25, 0.3) is 11.6 Å². The maximum Gasteiger partial charge on any atom is 0.286 e. The molecule has 3 aromatic rings. The van der Waals surface area contributed by atoms with Crippen molar-refractivity contribution >= 4 is 33.1 Å². The van der Waals surface area contributed by atoms with E-state index in [1.165, 1.54) is 29.5 Å². The standard InChI is InChI=1S/C17H15N3O3S/c1-10-8-9-14-15(11(10)2)19(3)17(24-14)18-16(21)12-6-4-5-7-13(12)20(22)23/h4-9H,1-3H3. The molecule has 0 spiro atoms. The van der Waals surface area contributed by atoms with E-state index in [0.29, 0.717) is 4.80 Å². The van der Waals surface area contributed by atoms with E-state index in [0.717, 1.165) is 21.3 Å². The van der Waals surface area contributed by atoms with Gasteiger partial charge in [-0.3, -0.25) is 14.9 Å². The van der Waals surface area contributed by atoms with E-state index in [1.807, 2.05) is 37.6 Å². The summed E-state index contributed by atoms with van der Waals surface area (Å²) in [5, 5.41) is 11.1. The predicted octanol–water partition coefficient (Wildman–Crippen LogP) is 3.51. The molecule has 0 saturated carbocycles. The molecule has 1 aromatic heterocycles.